The number of hydrogen-bond acceptors (Lipinski definition) is 5. The lowest BCUT2D eigenvalue weighted by molar-refractivity contribution is -0.134. The third kappa shape index (κ3) is 2.85. The van der Waals surface area contributed by atoms with Gasteiger partial charge in [0.1, 0.15) is 6.04 Å². The summed E-state index contributed by atoms with van der Waals surface area (Å²) >= 11 is 1.63. The topological polar surface area (TPSA) is 70.6 Å². The second kappa shape index (κ2) is 5.66. The molecule has 2 aliphatic heterocycles. The first-order valence-corrected chi connectivity index (χ1v) is 7.46. The van der Waals surface area contributed by atoms with Gasteiger partial charge in [0.25, 0.3) is 0 Å². The summed E-state index contributed by atoms with van der Waals surface area (Å²) in [5, 5.41) is 6.56. The van der Waals surface area contributed by atoms with Crippen molar-refractivity contribution in [3.8, 4) is 0 Å². The van der Waals surface area contributed by atoms with Crippen molar-refractivity contribution < 1.29 is 9.59 Å². The van der Waals surface area contributed by atoms with Crippen LogP contribution in [0.5, 0.6) is 0 Å². The predicted molar refractivity (Wildman–Crippen MR) is 78.4 cm³/mol. The van der Waals surface area contributed by atoms with Crippen LogP contribution >= 0.6 is 11.8 Å². The highest BCUT2D eigenvalue weighted by Gasteiger charge is 2.29. The maximum absolute atomic E-state index is 11.7. The van der Waals surface area contributed by atoms with Crippen molar-refractivity contribution in [1.29, 1.82) is 0 Å². The van der Waals surface area contributed by atoms with Crippen LogP contribution in [0.1, 0.15) is 23.7 Å². The molecule has 2 aliphatic rings. The predicted octanol–water partition coefficient (Wildman–Crippen LogP) is 1.23. The quantitative estimate of drug-likeness (QED) is 0.803. The van der Waals surface area contributed by atoms with Crippen LogP contribution in [0.4, 0.5) is 0 Å². The average molecular weight is 289 g/mol. The van der Waals surface area contributed by atoms with E-state index in [9.17, 15) is 9.59 Å². The Hall–Kier alpha value is -1.82. The number of hydrogen-bond donors (Lipinski definition) is 2. The number of piperidine rings is 1. The summed E-state index contributed by atoms with van der Waals surface area (Å²) in [5.41, 5.74) is 1.24. The highest BCUT2D eigenvalue weighted by atomic mass is 32.2. The average Bonchev–Trinajstić information content (AvgIpc) is 2.92. The molecule has 6 heteroatoms. The highest BCUT2D eigenvalue weighted by Crippen LogP contribution is 2.34. The van der Waals surface area contributed by atoms with Gasteiger partial charge < -0.3 is 5.32 Å². The molecular weight excluding hydrogens is 274 g/mol. The standard InChI is InChI=1S/C14H15N3O2S/c18-12-7-6-10(13(19)17-12)16-14-15-8-11(20-14)9-4-2-1-3-5-9/h1-5,10-11H,6-8H2,(H,15,16)(H,17,18,19). The molecule has 0 bridgehead atoms. The van der Waals surface area contributed by atoms with Gasteiger partial charge in [0.15, 0.2) is 5.17 Å². The van der Waals surface area contributed by atoms with Gasteiger partial charge >= 0.3 is 0 Å². The van der Waals surface area contributed by atoms with Gasteiger partial charge in [0, 0.05) is 6.42 Å². The zero-order valence-corrected chi connectivity index (χ0v) is 11.7. The van der Waals surface area contributed by atoms with Crippen LogP contribution < -0.4 is 10.6 Å². The van der Waals surface area contributed by atoms with Crippen molar-refractivity contribution >= 4 is 28.7 Å². The second-order valence-corrected chi connectivity index (χ2v) is 6.00. The molecule has 1 fully saturated rings. The van der Waals surface area contributed by atoms with E-state index in [0.29, 0.717) is 24.6 Å². The summed E-state index contributed by atoms with van der Waals surface area (Å²) in [6.45, 7) is 0.713. The number of rotatable bonds is 2. The Bertz CT molecular complexity index is 559. The van der Waals surface area contributed by atoms with Gasteiger partial charge in [0.2, 0.25) is 11.8 Å². The molecule has 1 aromatic carbocycles. The molecule has 2 atom stereocenters. The van der Waals surface area contributed by atoms with Gasteiger partial charge in [-0.3, -0.25) is 19.9 Å². The van der Waals surface area contributed by atoms with Crippen LogP contribution in [0.25, 0.3) is 0 Å². The van der Waals surface area contributed by atoms with Crippen molar-refractivity contribution in [2.24, 2.45) is 4.99 Å². The third-order valence-electron chi connectivity index (χ3n) is 3.36. The van der Waals surface area contributed by atoms with E-state index in [2.05, 4.69) is 27.8 Å². The fraction of sp³-hybridized carbons (Fsp3) is 0.357. The van der Waals surface area contributed by atoms with E-state index >= 15 is 0 Å². The third-order valence-corrected chi connectivity index (χ3v) is 4.54. The number of imide groups is 1. The summed E-state index contributed by atoms with van der Waals surface area (Å²) < 4.78 is 0. The number of amidine groups is 1. The van der Waals surface area contributed by atoms with Crippen LogP contribution in [0.15, 0.2) is 35.3 Å². The van der Waals surface area contributed by atoms with E-state index in [4.69, 9.17) is 0 Å². The first-order chi connectivity index (χ1) is 9.72. The molecule has 2 amide bonds. The first kappa shape index (κ1) is 13.2. The zero-order valence-electron chi connectivity index (χ0n) is 10.8. The summed E-state index contributed by atoms with van der Waals surface area (Å²) in [6, 6.07) is 9.84. The molecule has 20 heavy (non-hydrogen) atoms. The smallest absolute Gasteiger partial charge is 0.249 e. The van der Waals surface area contributed by atoms with Crippen molar-refractivity contribution in [1.82, 2.24) is 10.6 Å². The summed E-state index contributed by atoms with van der Waals surface area (Å²) in [4.78, 5) is 27.2. The van der Waals surface area contributed by atoms with Gasteiger partial charge in [-0.1, -0.05) is 42.1 Å². The number of thioether (sulfide) groups is 1. The Morgan fingerprint density at radius 1 is 1.25 bits per heavy atom. The Kier molecular flexibility index (Phi) is 3.73. The van der Waals surface area contributed by atoms with E-state index in [1.54, 1.807) is 11.8 Å². The second-order valence-electron chi connectivity index (χ2n) is 4.81. The van der Waals surface area contributed by atoms with Crippen molar-refractivity contribution in [3.05, 3.63) is 35.9 Å². The van der Waals surface area contributed by atoms with E-state index in [0.717, 1.165) is 5.17 Å². The lowest BCUT2D eigenvalue weighted by Crippen LogP contribution is -2.51. The van der Waals surface area contributed by atoms with E-state index < -0.39 is 0 Å². The minimum Gasteiger partial charge on any atom is -0.353 e. The number of benzene rings is 1. The van der Waals surface area contributed by atoms with Gasteiger partial charge in [-0.15, -0.1) is 0 Å². The maximum Gasteiger partial charge on any atom is 0.249 e. The Morgan fingerprint density at radius 3 is 2.80 bits per heavy atom. The van der Waals surface area contributed by atoms with Crippen LogP contribution in [0.3, 0.4) is 0 Å². The van der Waals surface area contributed by atoms with Gasteiger partial charge in [-0.2, -0.15) is 0 Å². The summed E-state index contributed by atoms with van der Waals surface area (Å²) in [7, 11) is 0. The molecule has 2 N–H and O–H groups in total. The molecule has 0 aromatic heterocycles. The Labute approximate surface area is 121 Å². The SMILES string of the molecule is O=C1CCC(NC2=NCC(c3ccccc3)S2)C(=O)N1. The molecule has 3 rings (SSSR count). The van der Waals surface area contributed by atoms with Crippen molar-refractivity contribution in [2.75, 3.05) is 6.54 Å². The number of aliphatic imine (C=N–C) groups is 1. The normalized spacial score (nSPS) is 26.1. The molecule has 5 nitrogen and oxygen atoms in total. The Morgan fingerprint density at radius 2 is 2.05 bits per heavy atom. The molecule has 0 spiro atoms. The van der Waals surface area contributed by atoms with E-state index in [1.165, 1.54) is 5.56 Å². The maximum atomic E-state index is 11.7. The number of amides is 2. The number of nitrogens with zero attached hydrogens (tertiary/aromatic N) is 1. The minimum atomic E-state index is -0.353. The number of carbonyl (C=O) groups is 2. The van der Waals surface area contributed by atoms with Crippen LogP contribution in [0, 0.1) is 0 Å². The zero-order chi connectivity index (χ0) is 13.9. The highest BCUT2D eigenvalue weighted by molar-refractivity contribution is 8.14. The molecule has 0 saturated carbocycles. The number of carbonyl (C=O) groups excluding carboxylic acids is 2. The fourth-order valence-corrected chi connectivity index (χ4v) is 3.35. The van der Waals surface area contributed by atoms with Crippen molar-refractivity contribution in [2.45, 2.75) is 24.1 Å². The monoisotopic (exact) mass is 289 g/mol. The molecule has 104 valence electrons. The summed E-state index contributed by atoms with van der Waals surface area (Å²) in [5.74, 6) is -0.455. The van der Waals surface area contributed by atoms with Gasteiger partial charge in [0.05, 0.1) is 11.8 Å². The molecule has 1 saturated heterocycles. The summed E-state index contributed by atoms with van der Waals surface area (Å²) in [6.07, 6.45) is 0.906. The lowest BCUT2D eigenvalue weighted by Gasteiger charge is -2.22. The molecule has 1 aromatic rings. The van der Waals surface area contributed by atoms with Crippen LogP contribution in [-0.4, -0.2) is 29.6 Å². The largest absolute Gasteiger partial charge is 0.353 e. The molecule has 0 aliphatic carbocycles. The van der Waals surface area contributed by atoms with E-state index in [-0.39, 0.29) is 17.9 Å². The van der Waals surface area contributed by atoms with Crippen LogP contribution in [-0.2, 0) is 9.59 Å². The van der Waals surface area contributed by atoms with Gasteiger partial charge in [-0.05, 0) is 12.0 Å². The van der Waals surface area contributed by atoms with Crippen LogP contribution in [0.2, 0.25) is 0 Å². The molecule has 2 heterocycles. The fourth-order valence-electron chi connectivity index (χ4n) is 2.28. The Balaban J connectivity index is 1.58. The minimum absolute atomic E-state index is 0.198. The molecular formula is C14H15N3O2S. The van der Waals surface area contributed by atoms with E-state index in [1.807, 2.05) is 18.2 Å². The van der Waals surface area contributed by atoms with Gasteiger partial charge in [-0.25, -0.2) is 0 Å². The molecule has 0 radical (unpaired) electrons. The van der Waals surface area contributed by atoms with Crippen molar-refractivity contribution in [3.63, 3.8) is 0 Å². The number of nitrogens with one attached hydrogen (secondary N) is 2. The lowest BCUT2D eigenvalue weighted by atomic mass is 10.1. The first-order valence-electron chi connectivity index (χ1n) is 6.58. The molecule has 2 unspecified atom stereocenters.